The van der Waals surface area contributed by atoms with Crippen LogP contribution in [0.15, 0.2) is 84.6 Å². The average Bonchev–Trinajstić information content (AvgIpc) is 3.45. The zero-order chi connectivity index (χ0) is 25.2. The minimum atomic E-state index is -0.757. The van der Waals surface area contributed by atoms with Crippen molar-refractivity contribution in [2.75, 3.05) is 20.8 Å². The Bertz CT molecular complexity index is 1470. The monoisotopic (exact) mass is 482 g/mol. The highest BCUT2D eigenvalue weighted by Gasteiger charge is 2.46. The summed E-state index contributed by atoms with van der Waals surface area (Å²) in [6, 6.07) is 21.1. The number of hydrogen-bond acceptors (Lipinski definition) is 5. The molecule has 1 atom stereocenters. The van der Waals surface area contributed by atoms with Crippen LogP contribution in [0.3, 0.4) is 0 Å². The molecule has 182 valence electrons. The van der Waals surface area contributed by atoms with E-state index in [2.05, 4.69) is 4.98 Å². The molecule has 0 unspecified atom stereocenters. The first-order valence-corrected chi connectivity index (χ1v) is 11.6. The number of carbonyl (C=O) groups excluding carboxylic acids is 2. The van der Waals surface area contributed by atoms with Crippen LogP contribution in [0.5, 0.6) is 11.5 Å². The van der Waals surface area contributed by atoms with Crippen LogP contribution in [-0.4, -0.2) is 47.4 Å². The van der Waals surface area contributed by atoms with Crippen LogP contribution >= 0.6 is 0 Å². The number of fused-ring (bicyclic) bond motifs is 1. The predicted molar refractivity (Wildman–Crippen MR) is 137 cm³/mol. The number of para-hydroxylation sites is 1. The van der Waals surface area contributed by atoms with E-state index in [1.807, 2.05) is 36.5 Å². The molecule has 7 heteroatoms. The van der Waals surface area contributed by atoms with Crippen LogP contribution in [0.1, 0.15) is 22.7 Å². The van der Waals surface area contributed by atoms with Crippen LogP contribution in [0.4, 0.5) is 0 Å². The molecule has 2 N–H and O–H groups in total. The number of likely N-dealkylation sites (tertiary alicyclic amines) is 1. The molecule has 1 aromatic heterocycles. The first-order chi connectivity index (χ1) is 17.5. The lowest BCUT2D eigenvalue weighted by Gasteiger charge is -2.25. The summed E-state index contributed by atoms with van der Waals surface area (Å²) in [5.74, 6) is -0.361. The Labute approximate surface area is 208 Å². The molecule has 7 nitrogen and oxygen atoms in total. The van der Waals surface area contributed by atoms with Gasteiger partial charge in [-0.05, 0) is 60.0 Å². The lowest BCUT2D eigenvalue weighted by molar-refractivity contribution is -0.139. The van der Waals surface area contributed by atoms with Gasteiger partial charge in [0.2, 0.25) is 0 Å². The SMILES string of the molecule is COc1ccc(C(O)=C2C(=O)C(=O)N(CCc3c[nH]c4ccccc34)[C@H]2c2cccc(OC)c2)cc1. The van der Waals surface area contributed by atoms with Crippen molar-refractivity contribution in [2.45, 2.75) is 12.5 Å². The fourth-order valence-electron chi connectivity index (χ4n) is 4.75. The van der Waals surface area contributed by atoms with Crippen molar-refractivity contribution in [2.24, 2.45) is 0 Å². The Balaban J connectivity index is 1.57. The van der Waals surface area contributed by atoms with E-state index in [0.717, 1.165) is 16.5 Å². The second-order valence-corrected chi connectivity index (χ2v) is 8.61. The highest BCUT2D eigenvalue weighted by atomic mass is 16.5. The number of ketones is 1. The highest BCUT2D eigenvalue weighted by molar-refractivity contribution is 6.46. The van der Waals surface area contributed by atoms with Gasteiger partial charge in [0.05, 0.1) is 25.8 Å². The van der Waals surface area contributed by atoms with Crippen molar-refractivity contribution in [3.63, 3.8) is 0 Å². The van der Waals surface area contributed by atoms with Crippen LogP contribution in [0, 0.1) is 0 Å². The summed E-state index contributed by atoms with van der Waals surface area (Å²) in [5, 5.41) is 12.3. The Kier molecular flexibility index (Phi) is 6.21. The van der Waals surface area contributed by atoms with Gasteiger partial charge in [0.1, 0.15) is 17.3 Å². The molecule has 5 rings (SSSR count). The number of amides is 1. The number of benzene rings is 3. The smallest absolute Gasteiger partial charge is 0.295 e. The molecule has 0 spiro atoms. The van der Waals surface area contributed by atoms with Crippen LogP contribution in [0.2, 0.25) is 0 Å². The number of aromatic nitrogens is 1. The van der Waals surface area contributed by atoms with Gasteiger partial charge in [-0.15, -0.1) is 0 Å². The van der Waals surface area contributed by atoms with Crippen molar-refractivity contribution in [1.82, 2.24) is 9.88 Å². The van der Waals surface area contributed by atoms with E-state index in [-0.39, 0.29) is 11.3 Å². The molecule has 1 aliphatic rings. The second kappa shape index (κ2) is 9.62. The lowest BCUT2D eigenvalue weighted by Crippen LogP contribution is -2.31. The molecular weight excluding hydrogens is 456 g/mol. The molecule has 3 aromatic carbocycles. The summed E-state index contributed by atoms with van der Waals surface area (Å²) in [5.41, 5.74) is 3.23. The zero-order valence-electron chi connectivity index (χ0n) is 20.0. The molecule has 36 heavy (non-hydrogen) atoms. The first kappa shape index (κ1) is 23.2. The number of ether oxygens (including phenoxy) is 2. The fourth-order valence-corrected chi connectivity index (χ4v) is 4.75. The van der Waals surface area contributed by atoms with Gasteiger partial charge in [-0.25, -0.2) is 0 Å². The predicted octanol–water partition coefficient (Wildman–Crippen LogP) is 4.85. The molecule has 1 aliphatic heterocycles. The fraction of sp³-hybridized carbons (Fsp3) is 0.172. The number of Topliss-reactive ketones (excluding diaryl/α,β-unsaturated/α-hetero) is 1. The average molecular weight is 483 g/mol. The Morgan fingerprint density at radius 1 is 0.944 bits per heavy atom. The Morgan fingerprint density at radius 2 is 1.69 bits per heavy atom. The minimum absolute atomic E-state index is 0.0531. The maximum Gasteiger partial charge on any atom is 0.295 e. The van der Waals surface area contributed by atoms with E-state index in [9.17, 15) is 14.7 Å². The first-order valence-electron chi connectivity index (χ1n) is 11.6. The summed E-state index contributed by atoms with van der Waals surface area (Å²) in [6.45, 7) is 0.299. The number of carbonyl (C=O) groups is 2. The van der Waals surface area contributed by atoms with Gasteiger partial charge in [-0.2, -0.15) is 0 Å². The Morgan fingerprint density at radius 3 is 2.44 bits per heavy atom. The number of aliphatic hydroxyl groups is 1. The number of nitrogens with one attached hydrogen (secondary N) is 1. The maximum atomic E-state index is 13.3. The standard InChI is InChI=1S/C29H26N2O5/c1-35-21-12-10-18(11-13-21)27(32)25-26(19-6-5-7-22(16-19)36-2)31(29(34)28(25)33)15-14-20-17-30-24-9-4-3-8-23(20)24/h3-13,16-17,26,30,32H,14-15H2,1-2H3/t26-/m0/s1. The number of H-pyrrole nitrogens is 1. The quantitative estimate of drug-likeness (QED) is 0.223. The number of rotatable bonds is 7. The number of aliphatic hydroxyl groups excluding tert-OH is 1. The van der Waals surface area contributed by atoms with Gasteiger partial charge in [0, 0.05) is 29.2 Å². The summed E-state index contributed by atoms with van der Waals surface area (Å²) < 4.78 is 10.6. The summed E-state index contributed by atoms with van der Waals surface area (Å²) >= 11 is 0. The molecular formula is C29H26N2O5. The van der Waals surface area contributed by atoms with Crippen molar-refractivity contribution >= 4 is 28.4 Å². The molecule has 0 bridgehead atoms. The van der Waals surface area contributed by atoms with E-state index in [4.69, 9.17) is 9.47 Å². The van der Waals surface area contributed by atoms with E-state index >= 15 is 0 Å². The third-order valence-corrected chi connectivity index (χ3v) is 6.61. The zero-order valence-corrected chi connectivity index (χ0v) is 20.0. The van der Waals surface area contributed by atoms with Crippen LogP contribution in [-0.2, 0) is 16.0 Å². The van der Waals surface area contributed by atoms with Gasteiger partial charge in [-0.1, -0.05) is 30.3 Å². The van der Waals surface area contributed by atoms with Gasteiger partial charge in [0.25, 0.3) is 11.7 Å². The number of methoxy groups -OCH3 is 2. The number of aromatic amines is 1. The van der Waals surface area contributed by atoms with E-state index in [0.29, 0.717) is 35.6 Å². The Hall–Kier alpha value is -4.52. The van der Waals surface area contributed by atoms with Crippen LogP contribution < -0.4 is 9.47 Å². The molecule has 0 aliphatic carbocycles. The van der Waals surface area contributed by atoms with E-state index in [1.165, 1.54) is 4.90 Å². The van der Waals surface area contributed by atoms with Crippen molar-refractivity contribution in [3.05, 3.63) is 101 Å². The van der Waals surface area contributed by atoms with Gasteiger partial charge in [0.15, 0.2) is 0 Å². The maximum absolute atomic E-state index is 13.3. The lowest BCUT2D eigenvalue weighted by atomic mass is 9.95. The summed E-state index contributed by atoms with van der Waals surface area (Å²) in [7, 11) is 3.11. The molecule has 1 amide bonds. The molecule has 2 heterocycles. The number of nitrogens with zero attached hydrogens (tertiary/aromatic N) is 1. The topological polar surface area (TPSA) is 91.9 Å². The highest BCUT2D eigenvalue weighted by Crippen LogP contribution is 2.40. The summed E-state index contributed by atoms with van der Waals surface area (Å²) in [6.07, 6.45) is 2.47. The molecule has 0 saturated carbocycles. The second-order valence-electron chi connectivity index (χ2n) is 8.61. The van der Waals surface area contributed by atoms with Crippen molar-refractivity contribution in [1.29, 1.82) is 0 Å². The molecule has 1 saturated heterocycles. The number of hydrogen-bond donors (Lipinski definition) is 2. The largest absolute Gasteiger partial charge is 0.507 e. The van der Waals surface area contributed by atoms with Gasteiger partial charge in [-0.3, -0.25) is 9.59 Å². The van der Waals surface area contributed by atoms with E-state index in [1.54, 1.807) is 56.7 Å². The van der Waals surface area contributed by atoms with Crippen molar-refractivity contribution in [3.8, 4) is 11.5 Å². The normalized spacial score (nSPS) is 17.1. The third kappa shape index (κ3) is 4.09. The minimum Gasteiger partial charge on any atom is -0.507 e. The van der Waals surface area contributed by atoms with Gasteiger partial charge < -0.3 is 24.5 Å². The third-order valence-electron chi connectivity index (χ3n) is 6.61. The van der Waals surface area contributed by atoms with Crippen LogP contribution in [0.25, 0.3) is 16.7 Å². The van der Waals surface area contributed by atoms with Crippen molar-refractivity contribution < 1.29 is 24.2 Å². The molecule has 1 fully saturated rings. The molecule has 0 radical (unpaired) electrons. The summed E-state index contributed by atoms with van der Waals surface area (Å²) in [4.78, 5) is 31.4. The van der Waals surface area contributed by atoms with Gasteiger partial charge >= 0.3 is 0 Å². The molecule has 4 aromatic rings. The van der Waals surface area contributed by atoms with E-state index < -0.39 is 17.7 Å².